The number of para-hydroxylation sites is 1. The standard InChI is InChI=1S/C19H14NO.2C12H10N.Ir/c1-12-10-17(20-11-13(12)2)16-8-5-7-15-14-6-3-4-9-18(14)21-19(15)16;2*1-10-6-5-9-12(13-10)11-7-3-2-4-8-11;/h3-7,9-11H,1-2H3;2*2-7,9H,1H3;/q3*-1;+3. The van der Waals surface area contributed by atoms with E-state index in [0.29, 0.717) is 0 Å². The van der Waals surface area contributed by atoms with Crippen molar-refractivity contribution >= 4 is 21.9 Å². The van der Waals surface area contributed by atoms with Crippen LogP contribution in [0, 0.1) is 45.9 Å². The normalized spacial score (nSPS) is 10.3. The second kappa shape index (κ2) is 16.1. The van der Waals surface area contributed by atoms with Crippen LogP contribution in [0.2, 0.25) is 0 Å². The van der Waals surface area contributed by atoms with Crippen LogP contribution in [-0.2, 0) is 20.1 Å². The summed E-state index contributed by atoms with van der Waals surface area (Å²) >= 11 is 0. The quantitative estimate of drug-likeness (QED) is 0.167. The van der Waals surface area contributed by atoms with E-state index in [1.165, 1.54) is 11.1 Å². The molecular weight excluding hydrogens is 767 g/mol. The molecule has 4 aromatic heterocycles. The first-order valence-electron chi connectivity index (χ1n) is 15.5. The van der Waals surface area contributed by atoms with Crippen molar-refractivity contribution in [3.05, 3.63) is 174 Å². The molecule has 4 aromatic carbocycles. The van der Waals surface area contributed by atoms with Gasteiger partial charge >= 0.3 is 20.1 Å². The van der Waals surface area contributed by atoms with E-state index in [-0.39, 0.29) is 20.1 Å². The Bertz CT molecular complexity index is 2160. The number of aryl methyl sites for hydroxylation is 4. The molecule has 0 spiro atoms. The molecule has 0 aliphatic heterocycles. The minimum atomic E-state index is 0. The van der Waals surface area contributed by atoms with Gasteiger partial charge in [-0.25, -0.2) is 0 Å². The van der Waals surface area contributed by atoms with Crippen LogP contribution in [0.4, 0.5) is 0 Å². The van der Waals surface area contributed by atoms with Crippen LogP contribution in [0.5, 0.6) is 0 Å². The van der Waals surface area contributed by atoms with E-state index >= 15 is 0 Å². The Morgan fingerprint density at radius 2 is 1.12 bits per heavy atom. The summed E-state index contributed by atoms with van der Waals surface area (Å²) in [6.45, 7) is 8.15. The smallest absolute Gasteiger partial charge is 0.501 e. The van der Waals surface area contributed by atoms with E-state index in [4.69, 9.17) is 4.42 Å². The third kappa shape index (κ3) is 8.19. The summed E-state index contributed by atoms with van der Waals surface area (Å²) in [6.07, 6.45) is 1.90. The number of benzene rings is 4. The van der Waals surface area contributed by atoms with E-state index < -0.39 is 0 Å². The van der Waals surface area contributed by atoms with Crippen molar-refractivity contribution in [1.82, 2.24) is 15.0 Å². The summed E-state index contributed by atoms with van der Waals surface area (Å²) in [6, 6.07) is 51.5. The van der Waals surface area contributed by atoms with Gasteiger partial charge in [-0.2, -0.15) is 0 Å². The topological polar surface area (TPSA) is 51.8 Å². The summed E-state index contributed by atoms with van der Waals surface area (Å²) in [5.74, 6) is 0. The Hall–Kier alpha value is -5.22. The molecule has 8 rings (SSSR count). The fourth-order valence-corrected chi connectivity index (χ4v) is 5.13. The number of furan rings is 1. The van der Waals surface area contributed by atoms with Gasteiger partial charge in [-0.3, -0.25) is 0 Å². The van der Waals surface area contributed by atoms with Gasteiger partial charge in [0.2, 0.25) is 0 Å². The van der Waals surface area contributed by atoms with Gasteiger partial charge in [-0.05, 0) is 68.5 Å². The summed E-state index contributed by atoms with van der Waals surface area (Å²) in [5.41, 5.74) is 12.1. The maximum Gasteiger partial charge on any atom is 3.00 e. The second-order valence-electron chi connectivity index (χ2n) is 11.2. The average Bonchev–Trinajstić information content (AvgIpc) is 3.50. The first-order chi connectivity index (χ1) is 23.0. The number of hydrogen-bond acceptors (Lipinski definition) is 4. The SMILES string of the molecule is Cc1cccc(-c2[c-]cccc2)n1.Cc1cccc(-c2[c-]cccc2)n1.Cc1cnc(-c2[c-]ccc3c2oc2ccccc23)cc1C.[Ir+3]. The number of aromatic nitrogens is 3. The zero-order valence-electron chi connectivity index (χ0n) is 27.3. The fourth-order valence-electron chi connectivity index (χ4n) is 5.13. The summed E-state index contributed by atoms with van der Waals surface area (Å²) in [7, 11) is 0. The average molecular weight is 801 g/mol. The third-order valence-corrected chi connectivity index (χ3v) is 7.71. The van der Waals surface area contributed by atoms with Crippen LogP contribution < -0.4 is 0 Å². The zero-order valence-corrected chi connectivity index (χ0v) is 29.7. The van der Waals surface area contributed by atoms with Gasteiger partial charge in [-0.1, -0.05) is 65.0 Å². The molecular formula is C43H34IrN3O. The molecule has 0 radical (unpaired) electrons. The van der Waals surface area contributed by atoms with Crippen molar-refractivity contribution in [3.8, 4) is 33.8 Å². The van der Waals surface area contributed by atoms with Gasteiger partial charge in [0.25, 0.3) is 0 Å². The molecule has 0 unspecified atom stereocenters. The second-order valence-corrected chi connectivity index (χ2v) is 11.2. The first kappa shape index (κ1) is 34.1. The van der Waals surface area contributed by atoms with Gasteiger partial charge in [-0.15, -0.1) is 90.0 Å². The Labute approximate surface area is 295 Å². The molecule has 5 heteroatoms. The Kier molecular flexibility index (Phi) is 11.4. The number of pyridine rings is 3. The van der Waals surface area contributed by atoms with E-state index in [1.54, 1.807) is 0 Å². The van der Waals surface area contributed by atoms with Crippen molar-refractivity contribution in [2.24, 2.45) is 0 Å². The van der Waals surface area contributed by atoms with Gasteiger partial charge in [0.1, 0.15) is 5.58 Å². The Morgan fingerprint density at radius 3 is 1.69 bits per heavy atom. The van der Waals surface area contributed by atoms with Gasteiger partial charge in [0.05, 0.1) is 5.58 Å². The molecule has 0 saturated heterocycles. The van der Waals surface area contributed by atoms with Gasteiger partial charge < -0.3 is 19.4 Å². The molecule has 8 aromatic rings. The van der Waals surface area contributed by atoms with Crippen LogP contribution in [-0.4, -0.2) is 15.0 Å². The molecule has 4 nitrogen and oxygen atoms in total. The maximum atomic E-state index is 6.04. The van der Waals surface area contributed by atoms with Crippen LogP contribution in [0.25, 0.3) is 55.7 Å². The van der Waals surface area contributed by atoms with Crippen molar-refractivity contribution in [3.63, 3.8) is 0 Å². The minimum Gasteiger partial charge on any atom is -0.501 e. The molecule has 236 valence electrons. The first-order valence-corrected chi connectivity index (χ1v) is 15.5. The van der Waals surface area contributed by atoms with E-state index in [9.17, 15) is 0 Å². The van der Waals surface area contributed by atoms with Crippen molar-refractivity contribution in [1.29, 1.82) is 0 Å². The number of nitrogens with zero attached hydrogens (tertiary/aromatic N) is 3. The predicted molar refractivity (Wildman–Crippen MR) is 192 cm³/mol. The summed E-state index contributed by atoms with van der Waals surface area (Å²) in [5, 5.41) is 2.24. The molecule has 0 N–H and O–H groups in total. The summed E-state index contributed by atoms with van der Waals surface area (Å²) < 4.78 is 6.04. The van der Waals surface area contributed by atoms with Crippen LogP contribution in [0.1, 0.15) is 22.5 Å². The molecule has 0 saturated carbocycles. The van der Waals surface area contributed by atoms with Crippen LogP contribution in [0.15, 0.2) is 138 Å². The molecule has 0 aliphatic rings. The Morgan fingerprint density at radius 1 is 0.521 bits per heavy atom. The van der Waals surface area contributed by atoms with Gasteiger partial charge in [0, 0.05) is 23.0 Å². The monoisotopic (exact) mass is 801 g/mol. The van der Waals surface area contributed by atoms with Gasteiger partial charge in [0.15, 0.2) is 0 Å². The van der Waals surface area contributed by atoms with E-state index in [0.717, 1.165) is 67.1 Å². The molecule has 0 bridgehead atoms. The van der Waals surface area contributed by atoms with Crippen LogP contribution >= 0.6 is 0 Å². The maximum absolute atomic E-state index is 6.04. The molecule has 0 aliphatic carbocycles. The third-order valence-electron chi connectivity index (χ3n) is 7.71. The zero-order chi connectivity index (χ0) is 32.6. The molecule has 0 amide bonds. The van der Waals surface area contributed by atoms with Crippen molar-refractivity contribution in [2.45, 2.75) is 27.7 Å². The molecule has 4 heterocycles. The van der Waals surface area contributed by atoms with Crippen LogP contribution in [0.3, 0.4) is 0 Å². The van der Waals surface area contributed by atoms with E-state index in [1.807, 2.05) is 135 Å². The fraction of sp³-hybridized carbons (Fsp3) is 0.0930. The summed E-state index contributed by atoms with van der Waals surface area (Å²) in [4.78, 5) is 13.4. The van der Waals surface area contributed by atoms with Crippen molar-refractivity contribution in [2.75, 3.05) is 0 Å². The molecule has 0 fully saturated rings. The molecule has 48 heavy (non-hydrogen) atoms. The van der Waals surface area contributed by atoms with Crippen molar-refractivity contribution < 1.29 is 24.5 Å². The molecule has 0 atom stereocenters. The predicted octanol–water partition coefficient (Wildman–Crippen LogP) is 10.8. The number of rotatable bonds is 3. The minimum absolute atomic E-state index is 0. The Balaban J connectivity index is 0.000000146. The van der Waals surface area contributed by atoms with E-state index in [2.05, 4.69) is 59.1 Å². The largest absolute Gasteiger partial charge is 3.00 e. The number of fused-ring (bicyclic) bond motifs is 3. The number of hydrogen-bond donors (Lipinski definition) is 0.